The van der Waals surface area contributed by atoms with E-state index < -0.39 is 12.1 Å². The number of carbonyl (C=O) groups excluding carboxylic acids is 2. The summed E-state index contributed by atoms with van der Waals surface area (Å²) in [5.74, 6) is 0.0861. The minimum atomic E-state index is -0.600. The molecule has 0 bridgehead atoms. The molecule has 0 aliphatic heterocycles. The van der Waals surface area contributed by atoms with Gasteiger partial charge in [0.1, 0.15) is 12.6 Å². The maximum atomic E-state index is 12.3. The third-order valence-corrected chi connectivity index (χ3v) is 3.03. The Bertz CT molecular complexity index is 507. The quantitative estimate of drug-likeness (QED) is 0.845. The third kappa shape index (κ3) is 8.24. The van der Waals surface area contributed by atoms with E-state index in [0.29, 0.717) is 6.42 Å². The Kier molecular flexibility index (Phi) is 7.07. The van der Waals surface area contributed by atoms with Gasteiger partial charge in [0.25, 0.3) is 0 Å². The van der Waals surface area contributed by atoms with Crippen LogP contribution in [0.4, 0.5) is 4.79 Å². The molecule has 23 heavy (non-hydrogen) atoms. The zero-order chi connectivity index (χ0) is 17.5. The SMILES string of the molecule is CC(C)CC(NC(=O)OCc1ccccc1)C(=O)NC(C)(C)C. The predicted octanol–water partition coefficient (Wildman–Crippen LogP) is 3.24. The van der Waals surface area contributed by atoms with E-state index in [2.05, 4.69) is 10.6 Å². The summed E-state index contributed by atoms with van der Waals surface area (Å²) >= 11 is 0. The molecule has 128 valence electrons. The molecule has 0 aliphatic carbocycles. The zero-order valence-electron chi connectivity index (χ0n) is 14.7. The summed E-state index contributed by atoms with van der Waals surface area (Å²) in [7, 11) is 0. The van der Waals surface area contributed by atoms with Gasteiger partial charge in [-0.15, -0.1) is 0 Å². The van der Waals surface area contributed by atoms with E-state index in [-0.39, 0.29) is 24.0 Å². The van der Waals surface area contributed by atoms with Gasteiger partial charge >= 0.3 is 6.09 Å². The third-order valence-electron chi connectivity index (χ3n) is 3.03. The lowest BCUT2D eigenvalue weighted by atomic mass is 10.0. The van der Waals surface area contributed by atoms with Crippen molar-refractivity contribution in [3.05, 3.63) is 35.9 Å². The van der Waals surface area contributed by atoms with Crippen LogP contribution in [-0.4, -0.2) is 23.6 Å². The molecule has 0 aromatic heterocycles. The zero-order valence-corrected chi connectivity index (χ0v) is 14.7. The van der Waals surface area contributed by atoms with Crippen LogP contribution in [0.5, 0.6) is 0 Å². The van der Waals surface area contributed by atoms with Crippen LogP contribution in [0.1, 0.15) is 46.6 Å². The minimum absolute atomic E-state index is 0.183. The second-order valence-electron chi connectivity index (χ2n) is 7.13. The average Bonchev–Trinajstić information content (AvgIpc) is 2.43. The maximum Gasteiger partial charge on any atom is 0.408 e. The maximum absolute atomic E-state index is 12.3. The normalized spacial score (nSPS) is 12.6. The number of hydrogen-bond donors (Lipinski definition) is 2. The first-order valence-electron chi connectivity index (χ1n) is 7.96. The molecule has 0 saturated carbocycles. The lowest BCUT2D eigenvalue weighted by Gasteiger charge is -2.26. The Morgan fingerprint density at radius 2 is 1.74 bits per heavy atom. The fourth-order valence-electron chi connectivity index (χ4n) is 2.07. The molecule has 1 atom stereocenters. The topological polar surface area (TPSA) is 67.4 Å². The van der Waals surface area contributed by atoms with Crippen molar-refractivity contribution in [2.45, 2.75) is 59.2 Å². The summed E-state index contributed by atoms with van der Waals surface area (Å²) in [6.07, 6.45) is -0.0221. The Morgan fingerprint density at radius 1 is 1.13 bits per heavy atom. The summed E-state index contributed by atoms with van der Waals surface area (Å²) in [5.41, 5.74) is 0.560. The van der Waals surface area contributed by atoms with Crippen LogP contribution in [-0.2, 0) is 16.1 Å². The van der Waals surface area contributed by atoms with Crippen molar-refractivity contribution in [3.63, 3.8) is 0 Å². The number of nitrogens with one attached hydrogen (secondary N) is 2. The fraction of sp³-hybridized carbons (Fsp3) is 0.556. The van der Waals surface area contributed by atoms with Gasteiger partial charge in [0.2, 0.25) is 5.91 Å². The van der Waals surface area contributed by atoms with Crippen LogP contribution < -0.4 is 10.6 Å². The molecular weight excluding hydrogens is 292 g/mol. The van der Waals surface area contributed by atoms with Gasteiger partial charge in [-0.1, -0.05) is 44.2 Å². The summed E-state index contributed by atoms with van der Waals surface area (Å²) in [5, 5.41) is 5.56. The second-order valence-corrected chi connectivity index (χ2v) is 7.13. The van der Waals surface area contributed by atoms with E-state index in [4.69, 9.17) is 4.74 Å². The number of alkyl carbamates (subject to hydrolysis) is 1. The van der Waals surface area contributed by atoms with Gasteiger partial charge in [-0.25, -0.2) is 4.79 Å². The first-order chi connectivity index (χ1) is 10.7. The van der Waals surface area contributed by atoms with Crippen LogP contribution >= 0.6 is 0 Å². The molecule has 0 saturated heterocycles. The van der Waals surface area contributed by atoms with Gasteiger partial charge in [-0.05, 0) is 38.7 Å². The van der Waals surface area contributed by atoms with E-state index >= 15 is 0 Å². The van der Waals surface area contributed by atoms with Gasteiger partial charge in [0, 0.05) is 5.54 Å². The van der Waals surface area contributed by atoms with E-state index in [1.807, 2.05) is 65.0 Å². The van der Waals surface area contributed by atoms with Crippen molar-refractivity contribution in [3.8, 4) is 0 Å². The molecule has 1 rings (SSSR count). The summed E-state index contributed by atoms with van der Waals surface area (Å²) in [6.45, 7) is 9.92. The van der Waals surface area contributed by atoms with Crippen molar-refractivity contribution < 1.29 is 14.3 Å². The van der Waals surface area contributed by atoms with E-state index in [0.717, 1.165) is 5.56 Å². The Hall–Kier alpha value is -2.04. The number of benzene rings is 1. The highest BCUT2D eigenvalue weighted by atomic mass is 16.5. The molecular formula is C18H28N2O3. The molecule has 5 heteroatoms. The standard InChI is InChI=1S/C18H28N2O3/c1-13(2)11-15(16(21)20-18(3,4)5)19-17(22)23-12-14-9-7-6-8-10-14/h6-10,13,15H,11-12H2,1-5H3,(H,19,22)(H,20,21). The van der Waals surface area contributed by atoms with E-state index in [9.17, 15) is 9.59 Å². The number of amides is 2. The molecule has 1 aromatic rings. The minimum Gasteiger partial charge on any atom is -0.445 e. The number of hydrogen-bond acceptors (Lipinski definition) is 3. The van der Waals surface area contributed by atoms with Gasteiger partial charge in [-0.3, -0.25) is 4.79 Å². The molecule has 0 fully saturated rings. The van der Waals surface area contributed by atoms with E-state index in [1.165, 1.54) is 0 Å². The molecule has 0 spiro atoms. The molecule has 0 aliphatic rings. The van der Waals surface area contributed by atoms with Gasteiger partial charge in [-0.2, -0.15) is 0 Å². The number of carbonyl (C=O) groups is 2. The lowest BCUT2D eigenvalue weighted by Crippen LogP contribution is -2.52. The molecule has 0 heterocycles. The van der Waals surface area contributed by atoms with Crippen molar-refractivity contribution >= 4 is 12.0 Å². The monoisotopic (exact) mass is 320 g/mol. The first-order valence-corrected chi connectivity index (χ1v) is 7.96. The largest absolute Gasteiger partial charge is 0.445 e. The van der Waals surface area contributed by atoms with Crippen molar-refractivity contribution in [2.24, 2.45) is 5.92 Å². The van der Waals surface area contributed by atoms with E-state index in [1.54, 1.807) is 0 Å². The van der Waals surface area contributed by atoms with Crippen LogP contribution in [0.3, 0.4) is 0 Å². The van der Waals surface area contributed by atoms with Crippen molar-refractivity contribution in [2.75, 3.05) is 0 Å². The highest BCUT2D eigenvalue weighted by Gasteiger charge is 2.25. The highest BCUT2D eigenvalue weighted by Crippen LogP contribution is 2.08. The number of rotatable bonds is 6. The molecule has 1 aromatic carbocycles. The van der Waals surface area contributed by atoms with Crippen LogP contribution in [0.2, 0.25) is 0 Å². The summed E-state index contributed by atoms with van der Waals surface area (Å²) in [6, 6.07) is 8.83. The fourth-order valence-corrected chi connectivity index (χ4v) is 2.07. The lowest BCUT2D eigenvalue weighted by molar-refractivity contribution is -0.124. The Balaban J connectivity index is 2.58. The molecule has 5 nitrogen and oxygen atoms in total. The predicted molar refractivity (Wildman–Crippen MR) is 90.9 cm³/mol. The Morgan fingerprint density at radius 3 is 2.26 bits per heavy atom. The average molecular weight is 320 g/mol. The second kappa shape index (κ2) is 8.56. The van der Waals surface area contributed by atoms with Crippen LogP contribution in [0.25, 0.3) is 0 Å². The van der Waals surface area contributed by atoms with Crippen LogP contribution in [0, 0.1) is 5.92 Å². The molecule has 2 N–H and O–H groups in total. The summed E-state index contributed by atoms with van der Waals surface area (Å²) in [4.78, 5) is 24.3. The van der Waals surface area contributed by atoms with Gasteiger partial charge in [0.05, 0.1) is 0 Å². The molecule has 0 radical (unpaired) electrons. The smallest absolute Gasteiger partial charge is 0.408 e. The van der Waals surface area contributed by atoms with Crippen molar-refractivity contribution in [1.29, 1.82) is 0 Å². The van der Waals surface area contributed by atoms with Gasteiger partial charge < -0.3 is 15.4 Å². The number of ether oxygens (including phenoxy) is 1. The van der Waals surface area contributed by atoms with Crippen molar-refractivity contribution in [1.82, 2.24) is 10.6 Å². The Labute approximate surface area is 138 Å². The van der Waals surface area contributed by atoms with Crippen LogP contribution in [0.15, 0.2) is 30.3 Å². The first kappa shape index (κ1) is 19.0. The summed E-state index contributed by atoms with van der Waals surface area (Å²) < 4.78 is 5.19. The highest BCUT2D eigenvalue weighted by molar-refractivity contribution is 5.86. The van der Waals surface area contributed by atoms with Gasteiger partial charge in [0.15, 0.2) is 0 Å². The molecule has 2 amide bonds. The molecule has 1 unspecified atom stereocenters.